The monoisotopic (exact) mass is 283 g/mol. The summed E-state index contributed by atoms with van der Waals surface area (Å²) >= 11 is 6.06. The largest absolute Gasteiger partial charge is 0.454 e. The number of nitrogens with one attached hydrogen (secondary N) is 1. The van der Waals surface area contributed by atoms with Gasteiger partial charge < -0.3 is 10.1 Å². The van der Waals surface area contributed by atoms with E-state index in [0.717, 1.165) is 23.8 Å². The number of ether oxygens (including phenoxy) is 1. The molecule has 0 atom stereocenters. The van der Waals surface area contributed by atoms with Gasteiger partial charge in [0.05, 0.1) is 0 Å². The zero-order valence-electron chi connectivity index (χ0n) is 10.2. The van der Waals surface area contributed by atoms with Crippen molar-refractivity contribution in [2.75, 3.05) is 7.05 Å². The van der Waals surface area contributed by atoms with Crippen LogP contribution < -0.4 is 10.1 Å². The van der Waals surface area contributed by atoms with E-state index in [0.29, 0.717) is 17.3 Å². The standard InChI is InChI=1S/C14H12ClF2NO/c1-18-8-9-2-4-11(7-12(9)15)19-14-6-10(16)3-5-13(14)17/h2-7,18H,8H2,1H3. The Morgan fingerprint density at radius 3 is 2.63 bits per heavy atom. The van der Waals surface area contributed by atoms with Gasteiger partial charge in [-0.05, 0) is 36.9 Å². The third kappa shape index (κ3) is 3.43. The van der Waals surface area contributed by atoms with Crippen LogP contribution in [-0.4, -0.2) is 7.05 Å². The second kappa shape index (κ2) is 5.99. The van der Waals surface area contributed by atoms with Gasteiger partial charge in [-0.25, -0.2) is 8.78 Å². The highest BCUT2D eigenvalue weighted by Crippen LogP contribution is 2.28. The van der Waals surface area contributed by atoms with E-state index in [1.165, 1.54) is 0 Å². The summed E-state index contributed by atoms with van der Waals surface area (Å²) in [6, 6.07) is 8.03. The molecule has 1 N–H and O–H groups in total. The van der Waals surface area contributed by atoms with Gasteiger partial charge in [0.1, 0.15) is 11.6 Å². The fraction of sp³-hybridized carbons (Fsp3) is 0.143. The topological polar surface area (TPSA) is 21.3 Å². The normalized spacial score (nSPS) is 10.5. The zero-order chi connectivity index (χ0) is 13.8. The summed E-state index contributed by atoms with van der Waals surface area (Å²) in [5.41, 5.74) is 0.899. The van der Waals surface area contributed by atoms with Crippen LogP contribution in [0, 0.1) is 11.6 Å². The smallest absolute Gasteiger partial charge is 0.165 e. The molecule has 0 aliphatic carbocycles. The van der Waals surface area contributed by atoms with Crippen LogP contribution in [0.1, 0.15) is 5.56 Å². The molecule has 0 unspecified atom stereocenters. The lowest BCUT2D eigenvalue weighted by Gasteiger charge is -2.09. The summed E-state index contributed by atoms with van der Waals surface area (Å²) < 4.78 is 31.7. The molecule has 0 heterocycles. The molecule has 19 heavy (non-hydrogen) atoms. The van der Waals surface area contributed by atoms with Gasteiger partial charge in [0.15, 0.2) is 11.6 Å². The Kier molecular flexibility index (Phi) is 4.35. The average molecular weight is 284 g/mol. The van der Waals surface area contributed by atoms with E-state index in [1.807, 2.05) is 7.05 Å². The molecule has 0 aromatic heterocycles. The van der Waals surface area contributed by atoms with E-state index in [9.17, 15) is 8.78 Å². The van der Waals surface area contributed by atoms with Crippen LogP contribution in [0.2, 0.25) is 5.02 Å². The van der Waals surface area contributed by atoms with Crippen LogP contribution in [0.4, 0.5) is 8.78 Å². The lowest BCUT2D eigenvalue weighted by Crippen LogP contribution is -2.05. The first kappa shape index (κ1) is 13.8. The van der Waals surface area contributed by atoms with Crippen LogP contribution in [0.15, 0.2) is 36.4 Å². The Bertz CT molecular complexity index is 590. The van der Waals surface area contributed by atoms with Crippen molar-refractivity contribution < 1.29 is 13.5 Å². The lowest BCUT2D eigenvalue weighted by molar-refractivity contribution is 0.436. The van der Waals surface area contributed by atoms with Crippen LogP contribution >= 0.6 is 11.6 Å². The molecule has 0 radical (unpaired) electrons. The van der Waals surface area contributed by atoms with Crippen molar-refractivity contribution in [1.29, 1.82) is 0 Å². The van der Waals surface area contributed by atoms with Crippen molar-refractivity contribution >= 4 is 11.6 Å². The number of benzene rings is 2. The summed E-state index contributed by atoms with van der Waals surface area (Å²) in [7, 11) is 1.81. The van der Waals surface area contributed by atoms with Gasteiger partial charge in [-0.15, -0.1) is 0 Å². The third-order valence-corrected chi connectivity index (χ3v) is 2.86. The molecule has 5 heteroatoms. The molecule has 2 nitrogen and oxygen atoms in total. The predicted molar refractivity (Wildman–Crippen MR) is 70.6 cm³/mol. The number of rotatable bonds is 4. The number of halogens is 3. The Balaban J connectivity index is 2.24. The molecule has 100 valence electrons. The number of hydrogen-bond donors (Lipinski definition) is 1. The molecule has 0 saturated heterocycles. The van der Waals surface area contributed by atoms with Gasteiger partial charge in [0, 0.05) is 17.6 Å². The molecule has 0 aliphatic rings. The Hall–Kier alpha value is -1.65. The summed E-state index contributed by atoms with van der Waals surface area (Å²) in [4.78, 5) is 0. The van der Waals surface area contributed by atoms with E-state index < -0.39 is 11.6 Å². The minimum Gasteiger partial charge on any atom is -0.454 e. The minimum atomic E-state index is -0.628. The predicted octanol–water partition coefficient (Wildman–Crippen LogP) is 4.13. The second-order valence-electron chi connectivity index (χ2n) is 3.96. The molecule has 0 fully saturated rings. The molecule has 0 bridgehead atoms. The van der Waals surface area contributed by atoms with Crippen molar-refractivity contribution in [3.63, 3.8) is 0 Å². The molecule has 0 saturated carbocycles. The van der Waals surface area contributed by atoms with Crippen molar-refractivity contribution in [3.05, 3.63) is 58.6 Å². The Morgan fingerprint density at radius 2 is 1.95 bits per heavy atom. The van der Waals surface area contributed by atoms with Gasteiger partial charge in [-0.2, -0.15) is 0 Å². The fourth-order valence-electron chi connectivity index (χ4n) is 1.61. The van der Waals surface area contributed by atoms with E-state index in [4.69, 9.17) is 16.3 Å². The third-order valence-electron chi connectivity index (χ3n) is 2.51. The average Bonchev–Trinajstić information content (AvgIpc) is 2.37. The maximum absolute atomic E-state index is 13.4. The zero-order valence-corrected chi connectivity index (χ0v) is 11.0. The molecule has 2 rings (SSSR count). The quantitative estimate of drug-likeness (QED) is 0.911. The van der Waals surface area contributed by atoms with Gasteiger partial charge in [0.25, 0.3) is 0 Å². The fourth-order valence-corrected chi connectivity index (χ4v) is 1.85. The van der Waals surface area contributed by atoms with Crippen molar-refractivity contribution in [2.24, 2.45) is 0 Å². The first-order valence-corrected chi connectivity index (χ1v) is 6.04. The first-order valence-electron chi connectivity index (χ1n) is 5.66. The van der Waals surface area contributed by atoms with Crippen LogP contribution in [0.3, 0.4) is 0 Å². The van der Waals surface area contributed by atoms with Gasteiger partial charge >= 0.3 is 0 Å². The van der Waals surface area contributed by atoms with Gasteiger partial charge in [-0.3, -0.25) is 0 Å². The highest BCUT2D eigenvalue weighted by atomic mass is 35.5. The molecule has 0 spiro atoms. The molecular formula is C14H12ClF2NO. The Labute approximate surface area is 115 Å². The van der Waals surface area contributed by atoms with Crippen LogP contribution in [-0.2, 0) is 6.54 Å². The van der Waals surface area contributed by atoms with E-state index in [-0.39, 0.29) is 5.75 Å². The second-order valence-corrected chi connectivity index (χ2v) is 4.37. The maximum Gasteiger partial charge on any atom is 0.165 e. The molecular weight excluding hydrogens is 272 g/mol. The SMILES string of the molecule is CNCc1ccc(Oc2cc(F)ccc2F)cc1Cl. The maximum atomic E-state index is 13.4. The molecule has 2 aromatic carbocycles. The number of hydrogen-bond acceptors (Lipinski definition) is 2. The molecule has 0 amide bonds. The Morgan fingerprint density at radius 1 is 1.16 bits per heavy atom. The highest BCUT2D eigenvalue weighted by Gasteiger charge is 2.08. The minimum absolute atomic E-state index is 0.169. The van der Waals surface area contributed by atoms with Crippen molar-refractivity contribution in [3.8, 4) is 11.5 Å². The molecule has 0 aliphatic heterocycles. The van der Waals surface area contributed by atoms with Crippen LogP contribution in [0.5, 0.6) is 11.5 Å². The summed E-state index contributed by atoms with van der Waals surface area (Å²) in [6.45, 7) is 0.618. The van der Waals surface area contributed by atoms with Gasteiger partial charge in [0.2, 0.25) is 0 Å². The lowest BCUT2D eigenvalue weighted by atomic mass is 10.2. The van der Waals surface area contributed by atoms with E-state index in [1.54, 1.807) is 18.2 Å². The van der Waals surface area contributed by atoms with E-state index in [2.05, 4.69) is 5.32 Å². The summed E-state index contributed by atoms with van der Waals surface area (Å²) in [5.74, 6) is -1.00. The van der Waals surface area contributed by atoms with E-state index >= 15 is 0 Å². The summed E-state index contributed by atoms with van der Waals surface area (Å²) in [6.07, 6.45) is 0. The van der Waals surface area contributed by atoms with Crippen LogP contribution in [0.25, 0.3) is 0 Å². The van der Waals surface area contributed by atoms with Crippen molar-refractivity contribution in [2.45, 2.75) is 6.54 Å². The highest BCUT2D eigenvalue weighted by molar-refractivity contribution is 6.31. The van der Waals surface area contributed by atoms with Gasteiger partial charge in [-0.1, -0.05) is 17.7 Å². The molecule has 2 aromatic rings. The first-order chi connectivity index (χ1) is 9.10. The summed E-state index contributed by atoms with van der Waals surface area (Å²) in [5, 5.41) is 3.48. The van der Waals surface area contributed by atoms with Crippen molar-refractivity contribution in [1.82, 2.24) is 5.32 Å².